The van der Waals surface area contributed by atoms with Gasteiger partial charge >= 0.3 is 5.97 Å². The molecule has 1 aromatic heterocycles. The van der Waals surface area contributed by atoms with E-state index in [2.05, 4.69) is 4.98 Å². The van der Waals surface area contributed by atoms with E-state index in [9.17, 15) is 4.79 Å². The Labute approximate surface area is 123 Å². The first kappa shape index (κ1) is 14.5. The summed E-state index contributed by atoms with van der Waals surface area (Å²) in [6, 6.07) is 13.0. The van der Waals surface area contributed by atoms with Crippen LogP contribution in [0.15, 0.2) is 42.5 Å². The Morgan fingerprint density at radius 1 is 1.20 bits per heavy atom. The van der Waals surface area contributed by atoms with Gasteiger partial charge < -0.3 is 4.74 Å². The summed E-state index contributed by atoms with van der Waals surface area (Å²) in [5.74, 6) is -0.269. The molecule has 0 bridgehead atoms. The monoisotopic (exact) mass is 289 g/mol. The number of hydrogen-bond donors (Lipinski definition) is 0. The van der Waals surface area contributed by atoms with Gasteiger partial charge in [0.25, 0.3) is 0 Å². The van der Waals surface area contributed by atoms with Crippen LogP contribution < -0.4 is 0 Å². The average molecular weight is 290 g/mol. The van der Waals surface area contributed by atoms with Gasteiger partial charge in [-0.3, -0.25) is 0 Å². The number of rotatable bonds is 4. The summed E-state index contributed by atoms with van der Waals surface area (Å²) in [7, 11) is 0. The smallest absolute Gasteiger partial charge is 0.358 e. The lowest BCUT2D eigenvalue weighted by Crippen LogP contribution is -2.10. The zero-order chi connectivity index (χ0) is 14.5. The minimum Gasteiger partial charge on any atom is -0.456 e. The first-order valence-electron chi connectivity index (χ1n) is 6.45. The molecule has 0 aliphatic carbocycles. The molecule has 2 rings (SSSR count). The molecule has 20 heavy (non-hydrogen) atoms. The standard InChI is InChI=1S/C16H16ClNO2/c1-11(2)14-9-8-13(17)15(18-14)16(19)20-10-12-6-4-3-5-7-12/h3-9,11H,10H2,1-2H3. The predicted molar refractivity (Wildman–Crippen MR) is 78.9 cm³/mol. The van der Waals surface area contributed by atoms with Crippen molar-refractivity contribution >= 4 is 17.6 Å². The van der Waals surface area contributed by atoms with Crippen LogP contribution in [0.4, 0.5) is 0 Å². The third-order valence-electron chi connectivity index (χ3n) is 2.87. The fraction of sp³-hybridized carbons (Fsp3) is 0.250. The normalized spacial score (nSPS) is 10.6. The highest BCUT2D eigenvalue weighted by Gasteiger charge is 2.15. The van der Waals surface area contributed by atoms with E-state index >= 15 is 0 Å². The van der Waals surface area contributed by atoms with Crippen molar-refractivity contribution < 1.29 is 9.53 Å². The van der Waals surface area contributed by atoms with E-state index in [4.69, 9.17) is 16.3 Å². The highest BCUT2D eigenvalue weighted by atomic mass is 35.5. The molecule has 1 aromatic carbocycles. The predicted octanol–water partition coefficient (Wildman–Crippen LogP) is 4.22. The van der Waals surface area contributed by atoms with Crippen molar-refractivity contribution in [2.75, 3.05) is 0 Å². The van der Waals surface area contributed by atoms with Gasteiger partial charge in [-0.1, -0.05) is 55.8 Å². The molecule has 3 nitrogen and oxygen atoms in total. The maximum atomic E-state index is 12.0. The Bertz CT molecular complexity index is 597. The quantitative estimate of drug-likeness (QED) is 0.791. The van der Waals surface area contributed by atoms with Crippen LogP contribution in [-0.4, -0.2) is 11.0 Å². The largest absolute Gasteiger partial charge is 0.456 e. The SMILES string of the molecule is CC(C)c1ccc(Cl)c(C(=O)OCc2ccccc2)n1. The van der Waals surface area contributed by atoms with E-state index in [-0.39, 0.29) is 18.2 Å². The summed E-state index contributed by atoms with van der Waals surface area (Å²) in [4.78, 5) is 16.3. The van der Waals surface area contributed by atoms with Crippen LogP contribution in [0.5, 0.6) is 0 Å². The van der Waals surface area contributed by atoms with Gasteiger partial charge in [0.1, 0.15) is 6.61 Å². The third-order valence-corrected chi connectivity index (χ3v) is 3.17. The summed E-state index contributed by atoms with van der Waals surface area (Å²) < 4.78 is 5.24. The molecule has 2 aromatic rings. The molecule has 0 fully saturated rings. The lowest BCUT2D eigenvalue weighted by molar-refractivity contribution is 0.0465. The van der Waals surface area contributed by atoms with E-state index in [0.29, 0.717) is 5.02 Å². The molecular weight excluding hydrogens is 274 g/mol. The minimum atomic E-state index is -0.499. The number of hydrogen-bond acceptors (Lipinski definition) is 3. The van der Waals surface area contributed by atoms with Crippen LogP contribution >= 0.6 is 11.6 Å². The number of ether oxygens (including phenoxy) is 1. The van der Waals surface area contributed by atoms with Crippen LogP contribution in [0.3, 0.4) is 0 Å². The van der Waals surface area contributed by atoms with Crippen LogP contribution in [0.1, 0.15) is 41.5 Å². The molecule has 0 aliphatic heterocycles. The van der Waals surface area contributed by atoms with E-state index in [1.165, 1.54) is 0 Å². The summed E-state index contributed by atoms with van der Waals surface area (Å²) >= 11 is 6.01. The third kappa shape index (κ3) is 3.58. The average Bonchev–Trinajstić information content (AvgIpc) is 2.46. The summed E-state index contributed by atoms with van der Waals surface area (Å²) in [5, 5.41) is 0.312. The van der Waals surface area contributed by atoms with Crippen molar-refractivity contribution in [2.45, 2.75) is 26.4 Å². The molecule has 0 radical (unpaired) electrons. The molecule has 0 spiro atoms. The maximum absolute atomic E-state index is 12.0. The van der Waals surface area contributed by atoms with Gasteiger partial charge in [-0.2, -0.15) is 0 Å². The van der Waals surface area contributed by atoms with E-state index < -0.39 is 5.97 Å². The number of benzene rings is 1. The molecule has 0 saturated carbocycles. The van der Waals surface area contributed by atoms with Crippen molar-refractivity contribution in [3.63, 3.8) is 0 Å². The fourth-order valence-corrected chi connectivity index (χ4v) is 1.90. The number of carbonyl (C=O) groups excluding carboxylic acids is 1. The van der Waals surface area contributed by atoms with Gasteiger partial charge in [0.2, 0.25) is 0 Å². The highest BCUT2D eigenvalue weighted by Crippen LogP contribution is 2.20. The van der Waals surface area contributed by atoms with E-state index in [1.54, 1.807) is 6.07 Å². The van der Waals surface area contributed by atoms with Crippen molar-refractivity contribution in [3.05, 3.63) is 64.4 Å². The maximum Gasteiger partial charge on any atom is 0.358 e. The van der Waals surface area contributed by atoms with Crippen molar-refractivity contribution in [1.82, 2.24) is 4.98 Å². The van der Waals surface area contributed by atoms with Crippen molar-refractivity contribution in [3.8, 4) is 0 Å². The minimum absolute atomic E-state index is 0.175. The first-order valence-corrected chi connectivity index (χ1v) is 6.83. The number of halogens is 1. The van der Waals surface area contributed by atoms with Gasteiger partial charge in [-0.25, -0.2) is 9.78 Å². The second-order valence-electron chi connectivity index (χ2n) is 4.78. The summed E-state index contributed by atoms with van der Waals surface area (Å²) in [5.41, 5.74) is 1.92. The van der Waals surface area contributed by atoms with Gasteiger partial charge in [0.05, 0.1) is 5.02 Å². The molecular formula is C16H16ClNO2. The number of nitrogens with zero attached hydrogens (tertiary/aromatic N) is 1. The van der Waals surface area contributed by atoms with Crippen LogP contribution in [-0.2, 0) is 11.3 Å². The van der Waals surface area contributed by atoms with Crippen LogP contribution in [0, 0.1) is 0 Å². The molecule has 0 aliphatic rings. The number of aromatic nitrogens is 1. The van der Waals surface area contributed by atoms with Gasteiger partial charge in [0.15, 0.2) is 5.69 Å². The van der Waals surface area contributed by atoms with E-state index in [0.717, 1.165) is 11.3 Å². The van der Waals surface area contributed by atoms with Crippen LogP contribution in [0.25, 0.3) is 0 Å². The zero-order valence-electron chi connectivity index (χ0n) is 11.5. The van der Waals surface area contributed by atoms with E-state index in [1.807, 2.05) is 50.2 Å². The second kappa shape index (κ2) is 6.53. The van der Waals surface area contributed by atoms with Gasteiger partial charge in [-0.15, -0.1) is 0 Å². The molecule has 0 atom stereocenters. The van der Waals surface area contributed by atoms with Crippen molar-refractivity contribution in [1.29, 1.82) is 0 Å². The molecule has 0 N–H and O–H groups in total. The number of carbonyl (C=O) groups is 1. The Morgan fingerprint density at radius 2 is 1.90 bits per heavy atom. The van der Waals surface area contributed by atoms with Crippen LogP contribution in [0.2, 0.25) is 5.02 Å². The Hall–Kier alpha value is -1.87. The fourth-order valence-electron chi connectivity index (χ4n) is 1.71. The summed E-state index contributed by atoms with van der Waals surface area (Å²) in [6.07, 6.45) is 0. The molecule has 0 saturated heterocycles. The summed E-state index contributed by atoms with van der Waals surface area (Å²) in [6.45, 7) is 4.23. The first-order chi connectivity index (χ1) is 9.58. The van der Waals surface area contributed by atoms with Gasteiger partial charge in [0, 0.05) is 5.69 Å². The molecule has 4 heteroatoms. The molecule has 0 amide bonds. The molecule has 0 unspecified atom stereocenters. The Balaban J connectivity index is 2.11. The zero-order valence-corrected chi connectivity index (χ0v) is 12.2. The Morgan fingerprint density at radius 3 is 2.55 bits per heavy atom. The highest BCUT2D eigenvalue weighted by molar-refractivity contribution is 6.33. The second-order valence-corrected chi connectivity index (χ2v) is 5.19. The molecule has 1 heterocycles. The number of pyridine rings is 1. The topological polar surface area (TPSA) is 39.2 Å². The Kier molecular flexibility index (Phi) is 4.74. The van der Waals surface area contributed by atoms with Crippen molar-refractivity contribution in [2.24, 2.45) is 0 Å². The number of esters is 1. The lowest BCUT2D eigenvalue weighted by atomic mass is 10.1. The molecule has 104 valence electrons. The lowest BCUT2D eigenvalue weighted by Gasteiger charge is -2.09. The van der Waals surface area contributed by atoms with Gasteiger partial charge in [-0.05, 0) is 23.6 Å².